The Hall–Kier alpha value is -2.10. The number of aliphatic imine (C=N–C) groups is 1. The maximum atomic E-state index is 4.35. The van der Waals surface area contributed by atoms with Crippen LogP contribution in [0.4, 0.5) is 5.69 Å². The molecule has 0 atom stereocenters. The molecule has 0 spiro atoms. The number of hydrogen-bond donors (Lipinski definition) is 2. The summed E-state index contributed by atoms with van der Waals surface area (Å²) in [6.07, 6.45) is 8.06. The Balaban J connectivity index is 1.58. The highest BCUT2D eigenvalue weighted by atomic mass is 14.9. The van der Waals surface area contributed by atoms with Gasteiger partial charge in [-0.3, -0.25) is 4.99 Å². The van der Waals surface area contributed by atoms with E-state index in [2.05, 4.69) is 20.3 Å². The third-order valence-electron chi connectivity index (χ3n) is 3.04. The molecule has 4 heteroatoms. The maximum absolute atomic E-state index is 4.35. The highest BCUT2D eigenvalue weighted by Crippen LogP contribution is 2.28. The smallest absolute Gasteiger partial charge is 0.137 e. The molecule has 1 aromatic carbocycles. The number of aromatic amines is 1. The van der Waals surface area contributed by atoms with Gasteiger partial charge < -0.3 is 10.3 Å². The minimum Gasteiger partial charge on any atom is -0.347 e. The lowest BCUT2D eigenvalue weighted by Crippen LogP contribution is -1.96. The number of aromatic nitrogens is 2. The summed E-state index contributed by atoms with van der Waals surface area (Å²) < 4.78 is 0. The summed E-state index contributed by atoms with van der Waals surface area (Å²) in [5.41, 5.74) is 2.13. The van der Waals surface area contributed by atoms with E-state index in [0.29, 0.717) is 0 Å². The molecule has 2 aromatic rings. The summed E-state index contributed by atoms with van der Waals surface area (Å²) in [5, 5.41) is 3.18. The first-order valence-corrected chi connectivity index (χ1v) is 6.26. The van der Waals surface area contributed by atoms with Crippen molar-refractivity contribution < 1.29 is 0 Å². The van der Waals surface area contributed by atoms with E-state index in [9.17, 15) is 0 Å². The summed E-state index contributed by atoms with van der Waals surface area (Å²) in [5.74, 6) is 1.73. The highest BCUT2D eigenvalue weighted by Gasteiger charge is 2.19. The van der Waals surface area contributed by atoms with Crippen molar-refractivity contribution >= 4 is 12.0 Å². The van der Waals surface area contributed by atoms with Gasteiger partial charge >= 0.3 is 0 Å². The quantitative estimate of drug-likeness (QED) is 0.623. The van der Waals surface area contributed by atoms with Crippen LogP contribution >= 0.6 is 0 Å². The number of nitrogens with one attached hydrogen (secondary N) is 2. The molecule has 1 aromatic heterocycles. The van der Waals surface area contributed by atoms with Gasteiger partial charge in [-0.1, -0.05) is 0 Å². The number of H-pyrrole nitrogens is 1. The van der Waals surface area contributed by atoms with Crippen LogP contribution in [0.15, 0.2) is 41.7 Å². The second kappa shape index (κ2) is 5.04. The van der Waals surface area contributed by atoms with E-state index < -0.39 is 0 Å². The number of imidazole rings is 1. The Labute approximate surface area is 106 Å². The summed E-state index contributed by atoms with van der Waals surface area (Å²) in [6, 6.07) is 8.13. The van der Waals surface area contributed by atoms with E-state index in [1.54, 1.807) is 12.5 Å². The van der Waals surface area contributed by atoms with Crippen LogP contribution in [0.5, 0.6) is 0 Å². The standard InChI is InChI=1S/C14H16N4/c1-2-11(1)9-15-10-18-13-5-3-12(4-6-13)14-16-7-8-17-14/h3-8,10-11H,1-2,9H2,(H,15,18)(H,16,17). The number of nitrogens with zero attached hydrogens (tertiary/aromatic N) is 2. The third-order valence-corrected chi connectivity index (χ3v) is 3.04. The van der Waals surface area contributed by atoms with E-state index in [1.807, 2.05) is 30.5 Å². The van der Waals surface area contributed by atoms with E-state index in [4.69, 9.17) is 0 Å². The molecule has 4 nitrogen and oxygen atoms in total. The molecule has 3 rings (SSSR count). The van der Waals surface area contributed by atoms with Gasteiger partial charge in [0.15, 0.2) is 0 Å². The van der Waals surface area contributed by atoms with Gasteiger partial charge in [-0.05, 0) is 43.0 Å². The highest BCUT2D eigenvalue weighted by molar-refractivity contribution is 5.76. The van der Waals surface area contributed by atoms with Crippen molar-refractivity contribution in [3.05, 3.63) is 36.7 Å². The zero-order chi connectivity index (χ0) is 12.2. The van der Waals surface area contributed by atoms with Crippen molar-refractivity contribution in [2.75, 3.05) is 11.9 Å². The fraction of sp³-hybridized carbons (Fsp3) is 0.286. The second-order valence-corrected chi connectivity index (χ2v) is 4.60. The fourth-order valence-corrected chi connectivity index (χ4v) is 1.77. The van der Waals surface area contributed by atoms with E-state index >= 15 is 0 Å². The molecule has 0 bridgehead atoms. The van der Waals surface area contributed by atoms with E-state index in [-0.39, 0.29) is 0 Å². The van der Waals surface area contributed by atoms with Gasteiger partial charge in [-0.15, -0.1) is 0 Å². The van der Waals surface area contributed by atoms with Gasteiger partial charge in [0.2, 0.25) is 0 Å². The van der Waals surface area contributed by atoms with Crippen molar-refractivity contribution in [2.24, 2.45) is 10.9 Å². The topological polar surface area (TPSA) is 53.1 Å². The van der Waals surface area contributed by atoms with E-state index in [1.165, 1.54) is 12.8 Å². The average molecular weight is 240 g/mol. The van der Waals surface area contributed by atoms with Crippen molar-refractivity contribution in [1.29, 1.82) is 0 Å². The molecule has 0 aliphatic heterocycles. The van der Waals surface area contributed by atoms with Crippen molar-refractivity contribution in [1.82, 2.24) is 9.97 Å². The predicted molar refractivity (Wildman–Crippen MR) is 73.7 cm³/mol. The van der Waals surface area contributed by atoms with E-state index in [0.717, 1.165) is 29.5 Å². The van der Waals surface area contributed by atoms with Gasteiger partial charge in [0, 0.05) is 30.2 Å². The molecule has 0 saturated heterocycles. The monoisotopic (exact) mass is 240 g/mol. The lowest BCUT2D eigenvalue weighted by atomic mass is 10.2. The number of hydrogen-bond acceptors (Lipinski definition) is 2. The minimum atomic E-state index is 0.837. The van der Waals surface area contributed by atoms with Gasteiger partial charge in [0.25, 0.3) is 0 Å². The van der Waals surface area contributed by atoms with Crippen molar-refractivity contribution in [2.45, 2.75) is 12.8 Å². The molecule has 2 N–H and O–H groups in total. The lowest BCUT2D eigenvalue weighted by Gasteiger charge is -2.01. The zero-order valence-corrected chi connectivity index (χ0v) is 10.1. The summed E-state index contributed by atoms with van der Waals surface area (Å²) in [7, 11) is 0. The Bertz CT molecular complexity index is 509. The predicted octanol–water partition coefficient (Wildman–Crippen LogP) is 2.93. The minimum absolute atomic E-state index is 0.837. The summed E-state index contributed by atoms with van der Waals surface area (Å²) in [4.78, 5) is 11.6. The van der Waals surface area contributed by atoms with Crippen LogP contribution < -0.4 is 5.32 Å². The largest absolute Gasteiger partial charge is 0.347 e. The number of rotatable bonds is 5. The molecule has 1 heterocycles. The first kappa shape index (κ1) is 11.0. The number of benzene rings is 1. The number of anilines is 1. The SMILES string of the molecule is C(=NCC1CC1)Nc1ccc(-c2ncc[nH]2)cc1. The van der Waals surface area contributed by atoms with Gasteiger partial charge in [-0.2, -0.15) is 0 Å². The molecule has 0 radical (unpaired) electrons. The first-order chi connectivity index (χ1) is 8.92. The Kier molecular flexibility index (Phi) is 3.08. The van der Waals surface area contributed by atoms with Crippen LogP contribution in [-0.4, -0.2) is 22.9 Å². The third kappa shape index (κ3) is 2.77. The van der Waals surface area contributed by atoms with Crippen LogP contribution in [0.2, 0.25) is 0 Å². The second-order valence-electron chi connectivity index (χ2n) is 4.60. The molecular formula is C14H16N4. The molecule has 18 heavy (non-hydrogen) atoms. The lowest BCUT2D eigenvalue weighted by molar-refractivity contribution is 0.851. The van der Waals surface area contributed by atoms with Crippen molar-refractivity contribution in [3.8, 4) is 11.4 Å². The molecule has 1 saturated carbocycles. The molecule has 1 aliphatic carbocycles. The van der Waals surface area contributed by atoms with Gasteiger partial charge in [0.05, 0.1) is 6.34 Å². The molecule has 1 aliphatic rings. The maximum Gasteiger partial charge on any atom is 0.137 e. The van der Waals surface area contributed by atoms with Gasteiger partial charge in [0.1, 0.15) is 5.82 Å². The Morgan fingerprint density at radius 3 is 2.83 bits per heavy atom. The van der Waals surface area contributed by atoms with Crippen LogP contribution in [0.25, 0.3) is 11.4 Å². The fourth-order valence-electron chi connectivity index (χ4n) is 1.77. The van der Waals surface area contributed by atoms with Crippen LogP contribution in [0, 0.1) is 5.92 Å². The molecule has 0 unspecified atom stereocenters. The summed E-state index contributed by atoms with van der Waals surface area (Å²) in [6.45, 7) is 0.956. The normalized spacial score (nSPS) is 15.1. The summed E-state index contributed by atoms with van der Waals surface area (Å²) >= 11 is 0. The first-order valence-electron chi connectivity index (χ1n) is 6.26. The van der Waals surface area contributed by atoms with Crippen LogP contribution in [0.1, 0.15) is 12.8 Å². The molecule has 92 valence electrons. The Morgan fingerprint density at radius 2 is 2.17 bits per heavy atom. The van der Waals surface area contributed by atoms with Gasteiger partial charge in [-0.25, -0.2) is 4.98 Å². The molecular weight excluding hydrogens is 224 g/mol. The Morgan fingerprint density at radius 1 is 1.33 bits per heavy atom. The van der Waals surface area contributed by atoms with Crippen LogP contribution in [-0.2, 0) is 0 Å². The van der Waals surface area contributed by atoms with Crippen LogP contribution in [0.3, 0.4) is 0 Å². The molecule has 1 fully saturated rings. The molecule has 0 amide bonds. The van der Waals surface area contributed by atoms with Crippen molar-refractivity contribution in [3.63, 3.8) is 0 Å². The zero-order valence-electron chi connectivity index (χ0n) is 10.1. The average Bonchev–Trinajstić information content (AvgIpc) is 3.07.